The normalized spacial score (nSPS) is 18.6. The Morgan fingerprint density at radius 2 is 1.36 bits per heavy atom. The Bertz CT molecular complexity index is 1740. The van der Waals surface area contributed by atoms with Crippen LogP contribution >= 0.6 is 0 Å². The van der Waals surface area contributed by atoms with Gasteiger partial charge < -0.3 is 47.9 Å². The number of aliphatic hydroxyl groups is 1. The van der Waals surface area contributed by atoms with Crippen LogP contribution in [0.1, 0.15) is 88.9 Å². The maximum atomic E-state index is 13.7. The summed E-state index contributed by atoms with van der Waals surface area (Å²) in [6.07, 6.45) is -1.40. The van der Waals surface area contributed by atoms with Crippen molar-refractivity contribution in [3.05, 3.63) is 88.5 Å². The highest BCUT2D eigenvalue weighted by molar-refractivity contribution is 5.95. The van der Waals surface area contributed by atoms with E-state index >= 15 is 0 Å². The summed E-state index contributed by atoms with van der Waals surface area (Å²) in [7, 11) is 3.05. The molecule has 2 saturated heterocycles. The van der Waals surface area contributed by atoms with Crippen molar-refractivity contribution in [2.75, 3.05) is 58.9 Å². The molecule has 5 rings (SSSR count). The molecule has 0 aliphatic carbocycles. The van der Waals surface area contributed by atoms with Gasteiger partial charge >= 0.3 is 5.97 Å². The van der Waals surface area contributed by atoms with Crippen molar-refractivity contribution >= 4 is 17.6 Å². The van der Waals surface area contributed by atoms with Gasteiger partial charge in [-0.3, -0.25) is 9.59 Å². The third-order valence-electron chi connectivity index (χ3n) is 9.11. The lowest BCUT2D eigenvalue weighted by atomic mass is 9.78. The van der Waals surface area contributed by atoms with Crippen LogP contribution in [0.3, 0.4) is 0 Å². The molecule has 2 fully saturated rings. The molecule has 1 N–H and O–H groups in total. The molecular formula is C41H53NO11. The summed E-state index contributed by atoms with van der Waals surface area (Å²) >= 11 is 0. The van der Waals surface area contributed by atoms with E-state index in [1.54, 1.807) is 42.5 Å². The number of carbonyl (C=O) groups excluding carboxylic acids is 2. The summed E-state index contributed by atoms with van der Waals surface area (Å²) in [5.74, 6) is -0.291. The van der Waals surface area contributed by atoms with E-state index in [2.05, 4.69) is 27.7 Å². The molecule has 0 radical (unpaired) electrons. The highest BCUT2D eigenvalue weighted by Gasteiger charge is 2.42. The molecule has 0 saturated carbocycles. The van der Waals surface area contributed by atoms with Crippen LogP contribution in [0.2, 0.25) is 0 Å². The number of methoxy groups -OCH3 is 2. The van der Waals surface area contributed by atoms with E-state index < -0.39 is 36.7 Å². The third-order valence-corrected chi connectivity index (χ3v) is 9.11. The van der Waals surface area contributed by atoms with Crippen LogP contribution in [0, 0.1) is 10.8 Å². The highest BCUT2D eigenvalue weighted by Crippen LogP contribution is 2.48. The van der Waals surface area contributed by atoms with Crippen LogP contribution in [0.15, 0.2) is 60.7 Å². The maximum absolute atomic E-state index is 13.7. The number of anilines is 1. The summed E-state index contributed by atoms with van der Waals surface area (Å²) in [6, 6.07) is 17.5. The van der Waals surface area contributed by atoms with E-state index in [1.165, 1.54) is 26.0 Å². The van der Waals surface area contributed by atoms with Crippen molar-refractivity contribution in [3.8, 4) is 11.5 Å². The van der Waals surface area contributed by atoms with Crippen LogP contribution in [0.5, 0.6) is 11.5 Å². The van der Waals surface area contributed by atoms with Gasteiger partial charge in [0.25, 0.3) is 5.91 Å². The lowest BCUT2D eigenvalue weighted by Gasteiger charge is -2.37. The molecule has 12 heteroatoms. The van der Waals surface area contributed by atoms with Gasteiger partial charge in [-0.15, -0.1) is 0 Å². The summed E-state index contributed by atoms with van der Waals surface area (Å²) in [4.78, 5) is 26.6. The van der Waals surface area contributed by atoms with Crippen molar-refractivity contribution in [1.29, 1.82) is 0 Å². The van der Waals surface area contributed by atoms with Gasteiger partial charge in [0.1, 0.15) is 17.1 Å². The third kappa shape index (κ3) is 9.20. The summed E-state index contributed by atoms with van der Waals surface area (Å²) in [6.45, 7) is 14.6. The molecule has 0 aromatic heterocycles. The standard InChI is InChI=1S/C41H53NO11/c1-26(2)42(36(44)20-48-27(3)43)31-12-10-11-30(19-31)41(45,32-17-28(13-15-34(32)47-9)37-49-21-39(4,5)22-50-37)33-18-29(14-16-35(33)53-25-46-8)38-51-23-40(6,7)24-52-38/h10-19,26,37-38,45H,20-25H2,1-9H3. The molecule has 53 heavy (non-hydrogen) atoms. The first-order valence-corrected chi connectivity index (χ1v) is 17.8. The first-order chi connectivity index (χ1) is 25.1. The Labute approximate surface area is 312 Å². The molecule has 1 atom stereocenters. The Balaban J connectivity index is 1.74. The fourth-order valence-corrected chi connectivity index (χ4v) is 6.45. The number of carbonyl (C=O) groups is 2. The fraction of sp³-hybridized carbons (Fsp3) is 0.512. The number of hydrogen-bond donors (Lipinski definition) is 1. The Kier molecular flexibility index (Phi) is 12.5. The van der Waals surface area contributed by atoms with E-state index in [4.69, 9.17) is 37.9 Å². The zero-order valence-electron chi connectivity index (χ0n) is 32.2. The van der Waals surface area contributed by atoms with E-state index in [-0.39, 0.29) is 23.7 Å². The molecule has 0 bridgehead atoms. The number of esters is 1. The minimum Gasteiger partial charge on any atom is -0.496 e. The molecule has 1 amide bonds. The molecule has 0 spiro atoms. The van der Waals surface area contributed by atoms with Crippen LogP contribution in [-0.2, 0) is 43.6 Å². The second kappa shape index (κ2) is 16.5. The van der Waals surface area contributed by atoms with Gasteiger partial charge in [-0.1, -0.05) is 52.0 Å². The fourth-order valence-electron chi connectivity index (χ4n) is 6.45. The molecule has 2 aliphatic heterocycles. The molecule has 3 aromatic carbocycles. The zero-order chi connectivity index (χ0) is 38.6. The number of rotatable bonds is 13. The van der Waals surface area contributed by atoms with E-state index in [0.29, 0.717) is 71.4 Å². The number of hydrogen-bond acceptors (Lipinski definition) is 11. The topological polar surface area (TPSA) is 131 Å². The average Bonchev–Trinajstić information content (AvgIpc) is 3.12. The summed E-state index contributed by atoms with van der Waals surface area (Å²) in [5.41, 5.74) is 0.563. The van der Waals surface area contributed by atoms with E-state index in [0.717, 1.165) is 0 Å². The second-order valence-electron chi connectivity index (χ2n) is 15.4. The smallest absolute Gasteiger partial charge is 0.303 e. The Morgan fingerprint density at radius 3 is 1.85 bits per heavy atom. The van der Waals surface area contributed by atoms with Crippen LogP contribution in [0.25, 0.3) is 0 Å². The predicted octanol–water partition coefficient (Wildman–Crippen LogP) is 6.41. The van der Waals surface area contributed by atoms with Gasteiger partial charge in [-0.25, -0.2) is 0 Å². The van der Waals surface area contributed by atoms with Gasteiger partial charge in [-0.2, -0.15) is 0 Å². The Morgan fingerprint density at radius 1 is 0.830 bits per heavy atom. The van der Waals surface area contributed by atoms with Crippen molar-refractivity contribution in [1.82, 2.24) is 0 Å². The van der Waals surface area contributed by atoms with Crippen molar-refractivity contribution in [2.24, 2.45) is 10.8 Å². The van der Waals surface area contributed by atoms with Crippen LogP contribution < -0.4 is 14.4 Å². The van der Waals surface area contributed by atoms with Crippen molar-refractivity contribution in [2.45, 2.75) is 72.7 Å². The van der Waals surface area contributed by atoms with Gasteiger partial charge in [-0.05, 0) is 55.8 Å². The maximum Gasteiger partial charge on any atom is 0.303 e. The van der Waals surface area contributed by atoms with E-state index in [1.807, 2.05) is 32.0 Å². The van der Waals surface area contributed by atoms with Gasteiger partial charge in [0, 0.05) is 58.8 Å². The molecule has 3 aromatic rings. The molecule has 2 heterocycles. The first-order valence-electron chi connectivity index (χ1n) is 17.8. The highest BCUT2D eigenvalue weighted by atomic mass is 16.7. The quantitative estimate of drug-likeness (QED) is 0.119. The monoisotopic (exact) mass is 735 g/mol. The number of ether oxygens (including phenoxy) is 8. The number of nitrogens with zero attached hydrogens (tertiary/aromatic N) is 1. The minimum absolute atomic E-state index is 0.102. The van der Waals surface area contributed by atoms with Crippen LogP contribution in [0.4, 0.5) is 5.69 Å². The number of amides is 1. The second-order valence-corrected chi connectivity index (χ2v) is 15.4. The molecule has 2 aliphatic rings. The van der Waals surface area contributed by atoms with Crippen molar-refractivity contribution < 1.29 is 52.6 Å². The van der Waals surface area contributed by atoms with Gasteiger partial charge in [0.05, 0.1) is 33.5 Å². The van der Waals surface area contributed by atoms with E-state index in [9.17, 15) is 14.7 Å². The summed E-state index contributed by atoms with van der Waals surface area (Å²) < 4.78 is 47.1. The number of benzene rings is 3. The average molecular weight is 736 g/mol. The van der Waals surface area contributed by atoms with Crippen molar-refractivity contribution in [3.63, 3.8) is 0 Å². The van der Waals surface area contributed by atoms with Gasteiger partial charge in [0.15, 0.2) is 26.0 Å². The van der Waals surface area contributed by atoms with Gasteiger partial charge in [0.2, 0.25) is 0 Å². The van der Waals surface area contributed by atoms with Crippen LogP contribution in [-0.4, -0.2) is 77.1 Å². The lowest BCUT2D eigenvalue weighted by Crippen LogP contribution is -2.40. The largest absolute Gasteiger partial charge is 0.496 e. The molecule has 1 unspecified atom stereocenters. The molecule has 12 nitrogen and oxygen atoms in total. The Hall–Kier alpha value is -4.04. The predicted molar refractivity (Wildman–Crippen MR) is 197 cm³/mol. The molecule has 288 valence electrons. The first kappa shape index (κ1) is 40.2. The summed E-state index contributed by atoms with van der Waals surface area (Å²) in [5, 5.41) is 13.7. The molecular weight excluding hydrogens is 682 g/mol. The lowest BCUT2D eigenvalue weighted by molar-refractivity contribution is -0.226. The minimum atomic E-state index is -2.00. The SMILES string of the molecule is COCOc1ccc(C2OCC(C)(C)CO2)cc1C(O)(c1cccc(N(C(=O)COC(C)=O)C(C)C)c1)c1cc(C2OCC(C)(C)CO2)ccc1OC. The zero-order valence-corrected chi connectivity index (χ0v) is 32.2.